The van der Waals surface area contributed by atoms with Crippen LogP contribution in [0.3, 0.4) is 0 Å². The summed E-state index contributed by atoms with van der Waals surface area (Å²) in [6, 6.07) is 40.3. The van der Waals surface area contributed by atoms with Gasteiger partial charge in [-0.15, -0.1) is 0 Å². The van der Waals surface area contributed by atoms with Crippen molar-refractivity contribution >= 4 is 40.2 Å². The van der Waals surface area contributed by atoms with E-state index in [1.54, 1.807) is 0 Å². The zero-order valence-electron chi connectivity index (χ0n) is 20.7. The number of carbonyl (C=O) groups excluding carboxylic acids is 2. The third-order valence-electron chi connectivity index (χ3n) is 6.08. The molecule has 0 heterocycles. The van der Waals surface area contributed by atoms with E-state index >= 15 is 0 Å². The van der Waals surface area contributed by atoms with Crippen molar-refractivity contribution in [2.24, 2.45) is 5.41 Å². The zero-order valence-corrected chi connectivity index (χ0v) is 23.6. The number of rotatable bonds is 11. The topological polar surface area (TPSA) is 80.3 Å². The van der Waals surface area contributed by atoms with Gasteiger partial charge >= 0.3 is 89.0 Å². The molecule has 4 aromatic carbocycles. The fourth-order valence-electron chi connectivity index (χ4n) is 4.24. The number of benzene rings is 4. The van der Waals surface area contributed by atoms with Gasteiger partial charge in [-0.05, 0) is 43.2 Å². The predicted molar refractivity (Wildman–Crippen MR) is 144 cm³/mol. The van der Waals surface area contributed by atoms with E-state index in [1.807, 2.05) is 60.7 Å². The van der Waals surface area contributed by atoms with E-state index in [2.05, 4.69) is 60.7 Å². The Kier molecular flexibility index (Phi) is 11.4. The summed E-state index contributed by atoms with van der Waals surface area (Å²) in [6.45, 7) is 0. The minimum absolute atomic E-state index is 0.154. The van der Waals surface area contributed by atoms with Crippen molar-refractivity contribution in [2.45, 2.75) is 32.1 Å². The first-order valence-corrected chi connectivity index (χ1v) is 15.2. The van der Waals surface area contributed by atoms with Gasteiger partial charge in [0.25, 0.3) is 0 Å². The van der Waals surface area contributed by atoms with E-state index < -0.39 is 38.5 Å². The van der Waals surface area contributed by atoms with Crippen molar-refractivity contribution < 1.29 is 19.8 Å². The van der Waals surface area contributed by atoms with Crippen molar-refractivity contribution in [2.75, 3.05) is 0 Å². The fraction of sp³-hybridized carbons (Fsp3) is 0.188. The van der Waals surface area contributed by atoms with Crippen LogP contribution in [-0.2, 0) is 22.4 Å². The summed E-state index contributed by atoms with van der Waals surface area (Å²) in [4.78, 5) is 22.7. The van der Waals surface area contributed by atoms with Gasteiger partial charge in [0.2, 0.25) is 0 Å². The van der Waals surface area contributed by atoms with Crippen LogP contribution in [0.2, 0.25) is 0 Å². The Morgan fingerprint density at radius 2 is 0.973 bits per heavy atom. The monoisotopic (exact) mass is 598 g/mol. The number of carboxylic acids is 2. The third kappa shape index (κ3) is 9.89. The number of hydrogen-bond donors (Lipinski definition) is 0. The fourth-order valence-corrected chi connectivity index (χ4v) is 7.24. The van der Waals surface area contributed by atoms with Crippen LogP contribution in [0.1, 0.15) is 30.4 Å². The first kappa shape index (κ1) is 28.2. The molecule has 0 saturated heterocycles. The Bertz CT molecular complexity index is 1130. The van der Waals surface area contributed by atoms with Crippen molar-refractivity contribution in [1.29, 1.82) is 0 Å². The molecule has 186 valence electrons. The van der Waals surface area contributed by atoms with E-state index in [-0.39, 0.29) is 19.3 Å². The van der Waals surface area contributed by atoms with Crippen LogP contribution >= 0.6 is 0 Å². The summed E-state index contributed by atoms with van der Waals surface area (Å²) in [5.74, 6) is -2.31. The summed E-state index contributed by atoms with van der Waals surface area (Å²) < 4.78 is 3.08. The van der Waals surface area contributed by atoms with Gasteiger partial charge in [-0.3, -0.25) is 0 Å². The van der Waals surface area contributed by atoms with E-state index in [1.165, 1.54) is 7.16 Å². The van der Waals surface area contributed by atoms with E-state index in [0.29, 0.717) is 12.8 Å². The van der Waals surface area contributed by atoms with Gasteiger partial charge in [0, 0.05) is 17.4 Å². The van der Waals surface area contributed by atoms with Crippen LogP contribution in [0.4, 0.5) is 0 Å². The molecule has 0 saturated carbocycles. The second-order valence-electron chi connectivity index (χ2n) is 8.98. The van der Waals surface area contributed by atoms with E-state index in [9.17, 15) is 19.8 Å². The molecule has 4 aromatic rings. The number of carbonyl (C=O) groups is 2. The molecule has 0 N–H and O–H groups in total. The summed E-state index contributed by atoms with van der Waals surface area (Å²) in [5, 5.41) is 22.7. The first-order valence-electron chi connectivity index (χ1n) is 12.3. The van der Waals surface area contributed by atoms with Gasteiger partial charge in [-0.25, -0.2) is 0 Å². The maximum atomic E-state index is 12.0. The molecule has 0 radical (unpaired) electrons. The third-order valence-corrected chi connectivity index (χ3v) is 9.63. The van der Waals surface area contributed by atoms with Crippen LogP contribution in [0.5, 0.6) is 0 Å². The molecule has 0 aliphatic carbocycles. The number of aliphatic carboxylic acids is 2. The molecule has 5 heteroatoms. The van der Waals surface area contributed by atoms with Gasteiger partial charge in [0.1, 0.15) is 0 Å². The average molecular weight is 597 g/mol. The molecular weight excluding hydrogens is 567 g/mol. The molecule has 0 unspecified atom stereocenters. The first-order chi connectivity index (χ1) is 18.0. The Hall–Kier alpha value is -3.38. The van der Waals surface area contributed by atoms with Crippen LogP contribution in [0, 0.1) is 5.41 Å². The van der Waals surface area contributed by atoms with Crippen molar-refractivity contribution in [3.8, 4) is 0 Å². The maximum absolute atomic E-state index is 12.0. The second-order valence-corrected chi connectivity index (χ2v) is 13.0. The summed E-state index contributed by atoms with van der Waals surface area (Å²) in [6.07, 6.45) is 0.928. The Morgan fingerprint density at radius 1 is 0.595 bits per heavy atom. The van der Waals surface area contributed by atoms with Crippen LogP contribution in [-0.4, -0.2) is 33.1 Å². The van der Waals surface area contributed by atoms with Gasteiger partial charge in [-0.1, -0.05) is 60.7 Å². The van der Waals surface area contributed by atoms with Gasteiger partial charge in [0.05, 0.1) is 0 Å². The molecule has 0 amide bonds. The molecule has 37 heavy (non-hydrogen) atoms. The SMILES string of the molecule is O=C([O-])CCCC(Cc1ccccc1)(Cc1ccccc1)C(=O)[O-].c1cc[c]([Sn+2][c]2ccccc2)cc1. The molecule has 0 spiro atoms. The molecule has 4 nitrogen and oxygen atoms in total. The molecule has 0 fully saturated rings. The molecule has 0 aromatic heterocycles. The van der Waals surface area contributed by atoms with E-state index in [0.717, 1.165) is 11.1 Å². The standard InChI is InChI=1S/C20H22O4.2C6H5.Sn/c21-18(22)12-7-13-20(19(23)24,14-16-8-3-1-4-9-16)15-17-10-5-2-6-11-17;2*1-2-4-6-5-3-1;/h1-6,8-11H,7,12-15H2,(H,21,22)(H,23,24);2*1-5H;/q;;;+2/p-2. The average Bonchev–Trinajstić information content (AvgIpc) is 2.91. The van der Waals surface area contributed by atoms with Crippen molar-refractivity contribution in [3.05, 3.63) is 132 Å². The molecule has 0 atom stereocenters. The Morgan fingerprint density at radius 3 is 1.32 bits per heavy atom. The molecular formula is C32H30O4Sn. The molecule has 0 bridgehead atoms. The molecule has 0 aliphatic heterocycles. The van der Waals surface area contributed by atoms with Gasteiger partial charge < -0.3 is 19.8 Å². The molecule has 0 aliphatic rings. The van der Waals surface area contributed by atoms with Gasteiger partial charge in [0.15, 0.2) is 0 Å². The summed E-state index contributed by atoms with van der Waals surface area (Å²) in [5.41, 5.74) is 0.648. The second kappa shape index (κ2) is 15.0. The summed E-state index contributed by atoms with van der Waals surface area (Å²) >= 11 is -0.517. The van der Waals surface area contributed by atoms with Crippen LogP contribution < -0.4 is 17.4 Å². The predicted octanol–water partition coefficient (Wildman–Crippen LogP) is 2.47. The van der Waals surface area contributed by atoms with Crippen LogP contribution in [0.25, 0.3) is 0 Å². The quantitative estimate of drug-likeness (QED) is 0.249. The van der Waals surface area contributed by atoms with Gasteiger partial charge in [-0.2, -0.15) is 0 Å². The number of hydrogen-bond acceptors (Lipinski definition) is 4. The van der Waals surface area contributed by atoms with Crippen molar-refractivity contribution in [3.63, 3.8) is 0 Å². The normalized spacial score (nSPS) is 10.5. The Labute approximate surface area is 229 Å². The summed E-state index contributed by atoms with van der Waals surface area (Å²) in [7, 11) is 0. The zero-order chi connectivity index (χ0) is 26.3. The van der Waals surface area contributed by atoms with Crippen molar-refractivity contribution in [1.82, 2.24) is 0 Å². The van der Waals surface area contributed by atoms with E-state index in [4.69, 9.17) is 0 Å². The minimum atomic E-state index is -1.17. The number of carboxylic acid groups (broad SMARTS) is 2. The van der Waals surface area contributed by atoms with Crippen LogP contribution in [0.15, 0.2) is 121 Å². The molecule has 4 rings (SSSR count). The Balaban J connectivity index is 0.000000244.